The van der Waals surface area contributed by atoms with Crippen LogP contribution < -0.4 is 5.73 Å². The summed E-state index contributed by atoms with van der Waals surface area (Å²) in [6.07, 6.45) is 4.31. The monoisotopic (exact) mass is 179 g/mol. The van der Waals surface area contributed by atoms with E-state index in [9.17, 15) is 0 Å². The summed E-state index contributed by atoms with van der Waals surface area (Å²) in [6, 6.07) is 2.36. The fourth-order valence-electron chi connectivity index (χ4n) is 2.09. The van der Waals surface area contributed by atoms with Crippen molar-refractivity contribution in [1.82, 2.24) is 9.78 Å². The van der Waals surface area contributed by atoms with E-state index in [1.807, 2.05) is 6.20 Å². The Morgan fingerprint density at radius 2 is 2.38 bits per heavy atom. The molecule has 13 heavy (non-hydrogen) atoms. The first kappa shape index (κ1) is 8.75. The molecule has 3 heteroatoms. The summed E-state index contributed by atoms with van der Waals surface area (Å²) in [7, 11) is 0. The number of aryl methyl sites for hydroxylation is 1. The van der Waals surface area contributed by atoms with Crippen molar-refractivity contribution < 1.29 is 0 Å². The Kier molecular flexibility index (Phi) is 1.91. The van der Waals surface area contributed by atoms with Crippen LogP contribution in [0.2, 0.25) is 0 Å². The van der Waals surface area contributed by atoms with Crippen LogP contribution in [-0.2, 0) is 12.0 Å². The second-order valence-electron chi connectivity index (χ2n) is 3.98. The molecule has 1 aromatic heterocycles. The lowest BCUT2D eigenvalue weighted by atomic mass is 9.94. The van der Waals surface area contributed by atoms with Gasteiger partial charge in [0.25, 0.3) is 0 Å². The van der Waals surface area contributed by atoms with Crippen LogP contribution in [-0.4, -0.2) is 15.8 Å². The van der Waals surface area contributed by atoms with E-state index in [-0.39, 0.29) is 11.5 Å². The van der Waals surface area contributed by atoms with E-state index in [4.69, 9.17) is 5.73 Å². The van der Waals surface area contributed by atoms with Crippen molar-refractivity contribution >= 4 is 0 Å². The van der Waals surface area contributed by atoms with Gasteiger partial charge in [-0.15, -0.1) is 0 Å². The third-order valence-electron chi connectivity index (χ3n) is 3.19. The molecular weight excluding hydrogens is 162 g/mol. The maximum absolute atomic E-state index is 6.01. The zero-order valence-corrected chi connectivity index (χ0v) is 8.33. The molecule has 1 atom stereocenters. The molecule has 2 rings (SSSR count). The first-order chi connectivity index (χ1) is 6.20. The molecule has 1 unspecified atom stereocenters. The van der Waals surface area contributed by atoms with E-state index in [2.05, 4.69) is 29.7 Å². The first-order valence-corrected chi connectivity index (χ1v) is 4.98. The van der Waals surface area contributed by atoms with Gasteiger partial charge in [-0.25, -0.2) is 0 Å². The molecule has 0 bridgehead atoms. The zero-order chi connectivity index (χ0) is 9.47. The Hall–Kier alpha value is -0.830. The molecule has 3 nitrogen and oxygen atoms in total. The minimum Gasteiger partial charge on any atom is -0.327 e. The van der Waals surface area contributed by atoms with Crippen LogP contribution in [0.3, 0.4) is 0 Å². The average Bonchev–Trinajstić information content (AvgIpc) is 2.78. The summed E-state index contributed by atoms with van der Waals surface area (Å²) in [4.78, 5) is 0. The molecule has 1 aliphatic rings. The molecule has 1 aliphatic carbocycles. The maximum atomic E-state index is 6.01. The fraction of sp³-hybridized carbons (Fsp3) is 0.700. The smallest absolute Gasteiger partial charge is 0.0492 e. The van der Waals surface area contributed by atoms with Gasteiger partial charge in [-0.05, 0) is 32.8 Å². The minimum absolute atomic E-state index is 0.243. The standard InChI is InChI=1S/C10H17N3/c1-3-13-9(4-7-12-13)10(5-6-10)8(2)11/h4,7-8H,3,5-6,11H2,1-2H3. The van der Waals surface area contributed by atoms with E-state index >= 15 is 0 Å². The molecule has 1 fully saturated rings. The Morgan fingerprint density at radius 1 is 1.69 bits per heavy atom. The Balaban J connectivity index is 2.34. The fourth-order valence-corrected chi connectivity index (χ4v) is 2.09. The quantitative estimate of drug-likeness (QED) is 0.759. The first-order valence-electron chi connectivity index (χ1n) is 4.98. The van der Waals surface area contributed by atoms with Gasteiger partial charge in [-0.2, -0.15) is 5.10 Å². The van der Waals surface area contributed by atoms with Crippen molar-refractivity contribution in [2.75, 3.05) is 0 Å². The van der Waals surface area contributed by atoms with Crippen LogP contribution in [0.4, 0.5) is 0 Å². The highest BCUT2D eigenvalue weighted by molar-refractivity contribution is 5.27. The highest BCUT2D eigenvalue weighted by Crippen LogP contribution is 2.50. The number of rotatable bonds is 3. The summed E-state index contributed by atoms with van der Waals surface area (Å²) >= 11 is 0. The van der Waals surface area contributed by atoms with Gasteiger partial charge in [-0.3, -0.25) is 4.68 Å². The summed E-state index contributed by atoms with van der Waals surface area (Å²) in [5.74, 6) is 0. The van der Waals surface area contributed by atoms with Crippen LogP contribution in [0.1, 0.15) is 32.4 Å². The SMILES string of the molecule is CCn1nccc1C1(C(C)N)CC1. The summed E-state index contributed by atoms with van der Waals surface area (Å²) in [5, 5.41) is 4.28. The van der Waals surface area contributed by atoms with E-state index < -0.39 is 0 Å². The molecule has 1 heterocycles. The number of nitrogens with zero attached hydrogens (tertiary/aromatic N) is 2. The van der Waals surface area contributed by atoms with E-state index in [1.165, 1.54) is 18.5 Å². The Labute approximate surface area is 78.9 Å². The second kappa shape index (κ2) is 2.84. The van der Waals surface area contributed by atoms with Gasteiger partial charge in [-0.1, -0.05) is 0 Å². The molecule has 0 saturated heterocycles. The van der Waals surface area contributed by atoms with E-state index in [0.717, 1.165) is 6.54 Å². The van der Waals surface area contributed by atoms with Gasteiger partial charge < -0.3 is 5.73 Å². The number of hydrogen-bond acceptors (Lipinski definition) is 2. The molecule has 0 aliphatic heterocycles. The van der Waals surface area contributed by atoms with Gasteiger partial charge in [0.15, 0.2) is 0 Å². The molecular formula is C10H17N3. The van der Waals surface area contributed by atoms with Gasteiger partial charge in [0.1, 0.15) is 0 Å². The van der Waals surface area contributed by atoms with Crippen molar-refractivity contribution in [3.8, 4) is 0 Å². The lowest BCUT2D eigenvalue weighted by Gasteiger charge is -2.20. The summed E-state index contributed by atoms with van der Waals surface area (Å²) in [5.41, 5.74) is 7.57. The Bertz CT molecular complexity index is 297. The van der Waals surface area contributed by atoms with Crippen LogP contribution in [0.25, 0.3) is 0 Å². The number of hydrogen-bond donors (Lipinski definition) is 1. The van der Waals surface area contributed by atoms with Crippen LogP contribution >= 0.6 is 0 Å². The molecule has 1 saturated carbocycles. The van der Waals surface area contributed by atoms with Crippen LogP contribution in [0.5, 0.6) is 0 Å². The second-order valence-corrected chi connectivity index (χ2v) is 3.98. The van der Waals surface area contributed by atoms with Crippen molar-refractivity contribution in [2.45, 2.75) is 44.7 Å². The molecule has 0 aromatic carbocycles. The molecule has 72 valence electrons. The van der Waals surface area contributed by atoms with E-state index in [1.54, 1.807) is 0 Å². The topological polar surface area (TPSA) is 43.8 Å². The van der Waals surface area contributed by atoms with Crippen LogP contribution in [0.15, 0.2) is 12.3 Å². The predicted octanol–water partition coefficient (Wildman–Crippen LogP) is 1.28. The molecule has 0 amide bonds. The number of nitrogens with two attached hydrogens (primary N) is 1. The number of aromatic nitrogens is 2. The van der Waals surface area contributed by atoms with E-state index in [0.29, 0.717) is 0 Å². The van der Waals surface area contributed by atoms with Gasteiger partial charge in [0.2, 0.25) is 0 Å². The van der Waals surface area contributed by atoms with Crippen molar-refractivity contribution in [3.63, 3.8) is 0 Å². The normalized spacial score (nSPS) is 21.5. The van der Waals surface area contributed by atoms with Gasteiger partial charge >= 0.3 is 0 Å². The zero-order valence-electron chi connectivity index (χ0n) is 8.33. The molecule has 1 aromatic rings. The van der Waals surface area contributed by atoms with Crippen LogP contribution in [0, 0.1) is 0 Å². The summed E-state index contributed by atoms with van der Waals surface area (Å²) < 4.78 is 2.07. The molecule has 0 radical (unpaired) electrons. The largest absolute Gasteiger partial charge is 0.327 e. The van der Waals surface area contributed by atoms with Crippen molar-refractivity contribution in [1.29, 1.82) is 0 Å². The third-order valence-corrected chi connectivity index (χ3v) is 3.19. The predicted molar refractivity (Wildman–Crippen MR) is 52.5 cm³/mol. The molecule has 2 N–H and O–H groups in total. The highest BCUT2D eigenvalue weighted by Gasteiger charge is 2.49. The molecule has 0 spiro atoms. The lowest BCUT2D eigenvalue weighted by Crippen LogP contribution is -2.33. The minimum atomic E-state index is 0.243. The Morgan fingerprint density at radius 3 is 2.85 bits per heavy atom. The third kappa shape index (κ3) is 1.18. The summed E-state index contributed by atoms with van der Waals surface area (Å²) in [6.45, 7) is 5.16. The average molecular weight is 179 g/mol. The van der Waals surface area contributed by atoms with Crippen molar-refractivity contribution in [2.24, 2.45) is 5.73 Å². The maximum Gasteiger partial charge on any atom is 0.0492 e. The van der Waals surface area contributed by atoms with Gasteiger partial charge in [0, 0.05) is 29.9 Å². The van der Waals surface area contributed by atoms with Gasteiger partial charge in [0.05, 0.1) is 0 Å². The lowest BCUT2D eigenvalue weighted by molar-refractivity contribution is 0.491. The van der Waals surface area contributed by atoms with Crippen molar-refractivity contribution in [3.05, 3.63) is 18.0 Å². The highest BCUT2D eigenvalue weighted by atomic mass is 15.3.